The number of aliphatic hydroxyl groups is 1. The Morgan fingerprint density at radius 2 is 2.00 bits per heavy atom. The first-order valence-corrected chi connectivity index (χ1v) is 7.30. The lowest BCUT2D eigenvalue weighted by Crippen LogP contribution is -2.36. The molecule has 1 aromatic carbocycles. The van der Waals surface area contributed by atoms with Crippen molar-refractivity contribution in [2.45, 2.75) is 51.2 Å². The van der Waals surface area contributed by atoms with Crippen LogP contribution in [0.25, 0.3) is 10.9 Å². The van der Waals surface area contributed by atoms with E-state index in [1.54, 1.807) is 0 Å². The molecule has 0 spiro atoms. The minimum atomic E-state index is -0.774. The zero-order valence-corrected chi connectivity index (χ0v) is 11.8. The van der Waals surface area contributed by atoms with Crippen molar-refractivity contribution in [1.82, 2.24) is 9.78 Å². The van der Waals surface area contributed by atoms with Crippen LogP contribution in [0.3, 0.4) is 0 Å². The largest absolute Gasteiger partial charge is 0.389 e. The molecular weight excluding hydrogens is 252 g/mol. The first kappa shape index (κ1) is 13.3. The Morgan fingerprint density at radius 3 is 2.70 bits per heavy atom. The van der Waals surface area contributed by atoms with E-state index in [0.29, 0.717) is 32.1 Å². The summed E-state index contributed by atoms with van der Waals surface area (Å²) in [6, 6.07) is 8.13. The van der Waals surface area contributed by atoms with Crippen LogP contribution in [0, 0.1) is 0 Å². The Bertz CT molecular complexity index is 635. The highest BCUT2D eigenvalue weighted by Gasteiger charge is 2.33. The van der Waals surface area contributed by atoms with Gasteiger partial charge in [-0.3, -0.25) is 9.48 Å². The molecule has 0 bridgehead atoms. The van der Waals surface area contributed by atoms with Crippen molar-refractivity contribution >= 4 is 16.7 Å². The third kappa shape index (κ3) is 2.36. The number of carbonyl (C=O) groups excluding carboxylic acids is 1. The number of hydrogen-bond donors (Lipinski definition) is 1. The summed E-state index contributed by atoms with van der Waals surface area (Å²) in [7, 11) is 0. The Balaban J connectivity index is 1.93. The van der Waals surface area contributed by atoms with Crippen LogP contribution in [0.15, 0.2) is 24.3 Å². The summed E-state index contributed by atoms with van der Waals surface area (Å²) in [4.78, 5) is 11.3. The van der Waals surface area contributed by atoms with Crippen molar-refractivity contribution in [3.8, 4) is 0 Å². The second-order valence-electron chi connectivity index (χ2n) is 5.72. The Morgan fingerprint density at radius 1 is 1.30 bits per heavy atom. The van der Waals surface area contributed by atoms with Crippen LogP contribution in [-0.2, 0) is 17.8 Å². The quantitative estimate of drug-likeness (QED) is 0.934. The minimum absolute atomic E-state index is 0.263. The van der Waals surface area contributed by atoms with Gasteiger partial charge in [0.2, 0.25) is 0 Å². The van der Waals surface area contributed by atoms with Crippen molar-refractivity contribution in [3.05, 3.63) is 30.0 Å². The van der Waals surface area contributed by atoms with Crippen LogP contribution >= 0.6 is 0 Å². The van der Waals surface area contributed by atoms with Crippen LogP contribution in [-0.4, -0.2) is 26.3 Å². The highest BCUT2D eigenvalue weighted by Crippen LogP contribution is 2.31. The van der Waals surface area contributed by atoms with E-state index in [0.717, 1.165) is 23.1 Å². The van der Waals surface area contributed by atoms with Gasteiger partial charge in [-0.15, -0.1) is 0 Å². The zero-order chi connectivity index (χ0) is 14.2. The second kappa shape index (κ2) is 5.02. The van der Waals surface area contributed by atoms with Crippen LogP contribution in [0.5, 0.6) is 0 Å². The minimum Gasteiger partial charge on any atom is -0.389 e. The van der Waals surface area contributed by atoms with E-state index in [-0.39, 0.29) is 5.78 Å². The van der Waals surface area contributed by atoms with E-state index in [9.17, 15) is 9.90 Å². The van der Waals surface area contributed by atoms with E-state index in [1.165, 1.54) is 0 Å². The third-order valence-corrected chi connectivity index (χ3v) is 4.27. The van der Waals surface area contributed by atoms with Gasteiger partial charge < -0.3 is 5.11 Å². The smallest absolute Gasteiger partial charge is 0.133 e. The van der Waals surface area contributed by atoms with Gasteiger partial charge in [-0.05, 0) is 25.8 Å². The molecule has 1 heterocycles. The summed E-state index contributed by atoms with van der Waals surface area (Å²) in [6.07, 6.45) is 2.62. The number of rotatable bonds is 3. The SMILES string of the molecule is CCn1nc(CC2(O)CCC(=O)CC2)c2ccccc21. The summed E-state index contributed by atoms with van der Waals surface area (Å²) in [5, 5.41) is 16.4. The molecule has 0 aliphatic heterocycles. The maximum Gasteiger partial charge on any atom is 0.133 e. The molecule has 1 aliphatic carbocycles. The molecule has 0 atom stereocenters. The molecule has 0 amide bonds. The number of carbonyl (C=O) groups is 1. The van der Waals surface area contributed by atoms with E-state index < -0.39 is 5.60 Å². The monoisotopic (exact) mass is 272 g/mol. The molecular formula is C16H20N2O2. The summed E-state index contributed by atoms with van der Waals surface area (Å²) in [6.45, 7) is 2.88. The number of hydrogen-bond acceptors (Lipinski definition) is 3. The molecule has 1 N–H and O–H groups in total. The predicted octanol–water partition coefficient (Wildman–Crippen LogP) is 2.47. The maximum atomic E-state index is 11.3. The molecule has 1 aromatic heterocycles. The number of benzene rings is 1. The normalized spacial score (nSPS) is 18.6. The van der Waals surface area contributed by atoms with E-state index in [2.05, 4.69) is 24.2 Å². The number of para-hydroxylation sites is 1. The average Bonchev–Trinajstić information content (AvgIpc) is 2.81. The first-order valence-electron chi connectivity index (χ1n) is 7.30. The summed E-state index contributed by atoms with van der Waals surface area (Å²) >= 11 is 0. The average molecular weight is 272 g/mol. The van der Waals surface area contributed by atoms with Crippen LogP contribution in [0.4, 0.5) is 0 Å². The fraction of sp³-hybridized carbons (Fsp3) is 0.500. The highest BCUT2D eigenvalue weighted by atomic mass is 16.3. The summed E-state index contributed by atoms with van der Waals surface area (Å²) < 4.78 is 1.97. The molecule has 0 saturated heterocycles. The molecule has 1 saturated carbocycles. The van der Waals surface area contributed by atoms with Gasteiger partial charge in [0.15, 0.2) is 0 Å². The lowest BCUT2D eigenvalue weighted by Gasteiger charge is -2.30. The molecule has 106 valence electrons. The van der Waals surface area contributed by atoms with Gasteiger partial charge in [-0.1, -0.05) is 18.2 Å². The topological polar surface area (TPSA) is 55.1 Å². The fourth-order valence-corrected chi connectivity index (χ4v) is 3.05. The van der Waals surface area contributed by atoms with Crippen molar-refractivity contribution in [3.63, 3.8) is 0 Å². The van der Waals surface area contributed by atoms with E-state index in [1.807, 2.05) is 16.8 Å². The fourth-order valence-electron chi connectivity index (χ4n) is 3.05. The van der Waals surface area contributed by atoms with Gasteiger partial charge in [0.25, 0.3) is 0 Å². The standard InChI is InChI=1S/C16H20N2O2/c1-2-18-15-6-4-3-5-13(15)14(17-18)11-16(20)9-7-12(19)8-10-16/h3-6,20H,2,7-11H2,1H3. The molecule has 0 unspecified atom stereocenters. The Hall–Kier alpha value is -1.68. The van der Waals surface area contributed by atoms with Gasteiger partial charge in [0, 0.05) is 31.2 Å². The number of Topliss-reactive ketones (excluding diaryl/α,β-unsaturated/α-hetero) is 1. The van der Waals surface area contributed by atoms with Crippen LogP contribution < -0.4 is 0 Å². The lowest BCUT2D eigenvalue weighted by molar-refractivity contribution is -0.125. The molecule has 3 rings (SSSR count). The molecule has 20 heavy (non-hydrogen) atoms. The number of nitrogens with zero attached hydrogens (tertiary/aromatic N) is 2. The van der Waals surface area contributed by atoms with Crippen molar-refractivity contribution in [2.75, 3.05) is 0 Å². The molecule has 1 fully saturated rings. The number of fused-ring (bicyclic) bond motifs is 1. The third-order valence-electron chi connectivity index (χ3n) is 4.27. The molecule has 4 heteroatoms. The zero-order valence-electron chi connectivity index (χ0n) is 11.8. The lowest BCUT2D eigenvalue weighted by atomic mass is 9.81. The number of aryl methyl sites for hydroxylation is 1. The highest BCUT2D eigenvalue weighted by molar-refractivity contribution is 5.82. The van der Waals surface area contributed by atoms with Crippen LogP contribution in [0.2, 0.25) is 0 Å². The van der Waals surface area contributed by atoms with E-state index >= 15 is 0 Å². The van der Waals surface area contributed by atoms with Gasteiger partial charge in [0.05, 0.1) is 16.8 Å². The predicted molar refractivity (Wildman–Crippen MR) is 77.5 cm³/mol. The van der Waals surface area contributed by atoms with Crippen molar-refractivity contribution in [1.29, 1.82) is 0 Å². The van der Waals surface area contributed by atoms with Gasteiger partial charge in [0.1, 0.15) is 5.78 Å². The molecule has 0 radical (unpaired) electrons. The number of aromatic nitrogens is 2. The van der Waals surface area contributed by atoms with Gasteiger partial charge in [-0.25, -0.2) is 0 Å². The number of ketones is 1. The second-order valence-corrected chi connectivity index (χ2v) is 5.72. The maximum absolute atomic E-state index is 11.3. The molecule has 1 aliphatic rings. The molecule has 2 aromatic rings. The molecule has 4 nitrogen and oxygen atoms in total. The summed E-state index contributed by atoms with van der Waals surface area (Å²) in [5.41, 5.74) is 1.28. The van der Waals surface area contributed by atoms with Gasteiger partial charge >= 0.3 is 0 Å². The van der Waals surface area contributed by atoms with E-state index in [4.69, 9.17) is 0 Å². The van der Waals surface area contributed by atoms with Gasteiger partial charge in [-0.2, -0.15) is 5.10 Å². The Labute approximate surface area is 118 Å². The first-order chi connectivity index (χ1) is 9.61. The Kier molecular flexibility index (Phi) is 3.34. The van der Waals surface area contributed by atoms with Crippen LogP contribution in [0.1, 0.15) is 38.3 Å². The van der Waals surface area contributed by atoms with Crippen molar-refractivity contribution < 1.29 is 9.90 Å². The van der Waals surface area contributed by atoms with Crippen molar-refractivity contribution in [2.24, 2.45) is 0 Å². The summed E-state index contributed by atoms with van der Waals surface area (Å²) in [5.74, 6) is 0.263.